The standard InChI is InChI=1S/C8H16O2.H3N/c1-4-7(5-2)8(9)10-6-3;/h7H,4-6H2,1-3H3;1H3/p+1. The molecule has 4 N–H and O–H groups in total. The Kier molecular flexibility index (Phi) is 8.94. The molecule has 3 heteroatoms. The van der Waals surface area contributed by atoms with Gasteiger partial charge in [0, 0.05) is 0 Å². The van der Waals surface area contributed by atoms with E-state index < -0.39 is 0 Å². The quantitative estimate of drug-likeness (QED) is 0.645. The van der Waals surface area contributed by atoms with Crippen LogP contribution in [0.4, 0.5) is 0 Å². The summed E-state index contributed by atoms with van der Waals surface area (Å²) in [4.78, 5) is 11.0. The maximum Gasteiger partial charge on any atom is 0.308 e. The molecule has 11 heavy (non-hydrogen) atoms. The Morgan fingerprint density at radius 3 is 2.00 bits per heavy atom. The summed E-state index contributed by atoms with van der Waals surface area (Å²) in [5.41, 5.74) is 0. The summed E-state index contributed by atoms with van der Waals surface area (Å²) >= 11 is 0. The van der Waals surface area contributed by atoms with E-state index in [0.29, 0.717) is 6.61 Å². The van der Waals surface area contributed by atoms with Crippen molar-refractivity contribution in [3.8, 4) is 0 Å². The van der Waals surface area contributed by atoms with Crippen molar-refractivity contribution in [1.82, 2.24) is 6.15 Å². The first kappa shape index (κ1) is 13.1. The number of hydrogen-bond donors (Lipinski definition) is 1. The molecule has 0 aliphatic rings. The molecule has 0 amide bonds. The average molecular weight is 162 g/mol. The molecule has 68 valence electrons. The highest BCUT2D eigenvalue weighted by Gasteiger charge is 2.13. The summed E-state index contributed by atoms with van der Waals surface area (Å²) in [6, 6.07) is 0. The van der Waals surface area contributed by atoms with E-state index in [1.54, 1.807) is 0 Å². The SMILES string of the molecule is CCOC(=O)C(CC)CC.[NH4+]. The molecule has 0 saturated heterocycles. The van der Waals surface area contributed by atoms with Gasteiger partial charge in [-0.3, -0.25) is 4.79 Å². The Balaban J connectivity index is 0. The molecule has 0 saturated carbocycles. The van der Waals surface area contributed by atoms with Crippen LogP contribution >= 0.6 is 0 Å². The number of ether oxygens (including phenoxy) is 1. The van der Waals surface area contributed by atoms with Gasteiger partial charge in [0.1, 0.15) is 0 Å². The zero-order valence-electron chi connectivity index (χ0n) is 8.02. The van der Waals surface area contributed by atoms with Gasteiger partial charge in [-0.2, -0.15) is 0 Å². The van der Waals surface area contributed by atoms with Crippen molar-refractivity contribution in [1.29, 1.82) is 0 Å². The predicted molar refractivity (Wildman–Crippen MR) is 46.7 cm³/mol. The molecule has 0 aromatic heterocycles. The summed E-state index contributed by atoms with van der Waals surface area (Å²) < 4.78 is 4.85. The zero-order chi connectivity index (χ0) is 7.98. The highest BCUT2D eigenvalue weighted by molar-refractivity contribution is 5.72. The van der Waals surface area contributed by atoms with Crippen molar-refractivity contribution in [3.63, 3.8) is 0 Å². The normalized spacial score (nSPS) is 9.09. The maximum atomic E-state index is 11.0. The van der Waals surface area contributed by atoms with Gasteiger partial charge in [0.2, 0.25) is 0 Å². The van der Waals surface area contributed by atoms with E-state index in [0.717, 1.165) is 12.8 Å². The average Bonchev–Trinajstić information content (AvgIpc) is 1.91. The molecule has 0 spiro atoms. The second-order valence-corrected chi connectivity index (χ2v) is 2.27. The van der Waals surface area contributed by atoms with Crippen LogP contribution in [0.5, 0.6) is 0 Å². The molecule has 0 bridgehead atoms. The second-order valence-electron chi connectivity index (χ2n) is 2.27. The lowest BCUT2D eigenvalue weighted by atomic mass is 10.0. The first-order valence-electron chi connectivity index (χ1n) is 3.92. The summed E-state index contributed by atoms with van der Waals surface area (Å²) in [7, 11) is 0. The van der Waals surface area contributed by atoms with Gasteiger partial charge in [-0.05, 0) is 19.8 Å². The number of hydrogen-bond acceptors (Lipinski definition) is 2. The molecule has 0 atom stereocenters. The van der Waals surface area contributed by atoms with Crippen LogP contribution in [0.2, 0.25) is 0 Å². The van der Waals surface area contributed by atoms with Crippen LogP contribution in [0.25, 0.3) is 0 Å². The van der Waals surface area contributed by atoms with Gasteiger partial charge in [-0.25, -0.2) is 0 Å². The molecule has 0 aliphatic heterocycles. The fourth-order valence-corrected chi connectivity index (χ4v) is 0.882. The Hall–Kier alpha value is -0.570. The van der Waals surface area contributed by atoms with E-state index in [1.165, 1.54) is 0 Å². The van der Waals surface area contributed by atoms with Crippen LogP contribution in [0.3, 0.4) is 0 Å². The molecule has 0 aromatic rings. The Labute approximate surface area is 68.7 Å². The van der Waals surface area contributed by atoms with E-state index in [9.17, 15) is 4.79 Å². The van der Waals surface area contributed by atoms with Crippen LogP contribution in [0.15, 0.2) is 0 Å². The first-order chi connectivity index (χ1) is 4.76. The van der Waals surface area contributed by atoms with Gasteiger partial charge < -0.3 is 10.9 Å². The summed E-state index contributed by atoms with van der Waals surface area (Å²) in [5.74, 6) is 0.0625. The maximum absolute atomic E-state index is 11.0. The van der Waals surface area contributed by atoms with Gasteiger partial charge in [-0.1, -0.05) is 13.8 Å². The smallest absolute Gasteiger partial charge is 0.308 e. The van der Waals surface area contributed by atoms with Gasteiger partial charge >= 0.3 is 5.97 Å². The Morgan fingerprint density at radius 2 is 1.73 bits per heavy atom. The lowest BCUT2D eigenvalue weighted by Gasteiger charge is -2.09. The van der Waals surface area contributed by atoms with Crippen molar-refractivity contribution in [2.24, 2.45) is 5.92 Å². The third-order valence-corrected chi connectivity index (χ3v) is 1.61. The predicted octanol–water partition coefficient (Wildman–Crippen LogP) is 2.36. The van der Waals surface area contributed by atoms with Crippen molar-refractivity contribution in [2.75, 3.05) is 6.61 Å². The van der Waals surface area contributed by atoms with Gasteiger partial charge in [0.15, 0.2) is 0 Å². The number of carbonyl (C=O) groups excluding carboxylic acids is 1. The van der Waals surface area contributed by atoms with E-state index in [4.69, 9.17) is 4.74 Å². The summed E-state index contributed by atoms with van der Waals surface area (Å²) in [6.45, 7) is 6.34. The van der Waals surface area contributed by atoms with Crippen LogP contribution in [0.1, 0.15) is 33.6 Å². The number of quaternary nitrogens is 1. The van der Waals surface area contributed by atoms with E-state index in [2.05, 4.69) is 0 Å². The highest BCUT2D eigenvalue weighted by atomic mass is 16.5. The third kappa shape index (κ3) is 4.79. The Bertz CT molecular complexity index is 100. The summed E-state index contributed by atoms with van der Waals surface area (Å²) in [6.07, 6.45) is 1.77. The zero-order valence-corrected chi connectivity index (χ0v) is 8.02. The molecule has 0 fully saturated rings. The van der Waals surface area contributed by atoms with Gasteiger partial charge in [-0.15, -0.1) is 0 Å². The molecule has 0 radical (unpaired) electrons. The minimum absolute atomic E-state index is 0. The fourth-order valence-electron chi connectivity index (χ4n) is 0.882. The number of carbonyl (C=O) groups is 1. The lowest BCUT2D eigenvalue weighted by Crippen LogP contribution is -2.15. The minimum Gasteiger partial charge on any atom is -0.466 e. The topological polar surface area (TPSA) is 62.8 Å². The van der Waals surface area contributed by atoms with E-state index in [1.807, 2.05) is 20.8 Å². The molecule has 0 aliphatic carbocycles. The van der Waals surface area contributed by atoms with Gasteiger partial charge in [0.05, 0.1) is 12.5 Å². The molecular formula is C8H20NO2+. The van der Waals surface area contributed by atoms with Crippen LogP contribution < -0.4 is 6.15 Å². The van der Waals surface area contributed by atoms with Crippen LogP contribution in [0, 0.1) is 5.92 Å². The first-order valence-corrected chi connectivity index (χ1v) is 3.92. The Morgan fingerprint density at radius 1 is 1.27 bits per heavy atom. The number of rotatable bonds is 4. The van der Waals surface area contributed by atoms with Crippen LogP contribution in [-0.2, 0) is 9.53 Å². The third-order valence-electron chi connectivity index (χ3n) is 1.61. The molecule has 0 heterocycles. The molecule has 0 rings (SSSR count). The highest BCUT2D eigenvalue weighted by Crippen LogP contribution is 2.08. The second kappa shape index (κ2) is 7.54. The fraction of sp³-hybridized carbons (Fsp3) is 0.875. The summed E-state index contributed by atoms with van der Waals surface area (Å²) in [5, 5.41) is 0. The van der Waals surface area contributed by atoms with Crippen molar-refractivity contribution >= 4 is 5.97 Å². The number of esters is 1. The lowest BCUT2D eigenvalue weighted by molar-refractivity contribution is -0.148. The minimum atomic E-state index is -0.0486. The molecule has 3 nitrogen and oxygen atoms in total. The molecule has 0 aromatic carbocycles. The van der Waals surface area contributed by atoms with E-state index >= 15 is 0 Å². The molecule has 0 unspecified atom stereocenters. The largest absolute Gasteiger partial charge is 0.466 e. The monoisotopic (exact) mass is 162 g/mol. The van der Waals surface area contributed by atoms with Crippen LogP contribution in [-0.4, -0.2) is 12.6 Å². The molecular weight excluding hydrogens is 142 g/mol. The van der Waals surface area contributed by atoms with E-state index in [-0.39, 0.29) is 18.0 Å². The van der Waals surface area contributed by atoms with Gasteiger partial charge in [0.25, 0.3) is 0 Å². The van der Waals surface area contributed by atoms with Crippen molar-refractivity contribution < 1.29 is 9.53 Å². The van der Waals surface area contributed by atoms with Crippen molar-refractivity contribution in [2.45, 2.75) is 33.6 Å². The van der Waals surface area contributed by atoms with Crippen molar-refractivity contribution in [3.05, 3.63) is 0 Å².